The number of nitrogens with zero attached hydrogens (tertiary/aromatic N) is 1. The van der Waals surface area contributed by atoms with Gasteiger partial charge in [0.2, 0.25) is 0 Å². The summed E-state index contributed by atoms with van der Waals surface area (Å²) >= 11 is 0. The van der Waals surface area contributed by atoms with Gasteiger partial charge in [0.25, 0.3) is 0 Å². The van der Waals surface area contributed by atoms with Crippen molar-refractivity contribution in [3.05, 3.63) is 29.3 Å². The number of ether oxygens (including phenoxy) is 2. The number of hydrogen-bond donors (Lipinski definition) is 2. The van der Waals surface area contributed by atoms with E-state index in [0.29, 0.717) is 39.1 Å². The molecule has 0 saturated carbocycles. The molecule has 1 aromatic carbocycles. The van der Waals surface area contributed by atoms with Crippen LogP contribution in [0.1, 0.15) is 30.4 Å². The maximum atomic E-state index is 12.4. The monoisotopic (exact) mass is 362 g/mol. The summed E-state index contributed by atoms with van der Waals surface area (Å²) in [5.74, 6) is -0.548. The fourth-order valence-corrected chi connectivity index (χ4v) is 3.35. The second-order valence-corrected chi connectivity index (χ2v) is 7.00. The molecule has 7 nitrogen and oxygen atoms in total. The first kappa shape index (κ1) is 18.5. The van der Waals surface area contributed by atoms with Gasteiger partial charge in [-0.3, -0.25) is 4.79 Å². The molecule has 2 fully saturated rings. The van der Waals surface area contributed by atoms with Gasteiger partial charge in [-0.05, 0) is 31.4 Å². The van der Waals surface area contributed by atoms with Crippen LogP contribution in [0.15, 0.2) is 18.2 Å². The molecule has 142 valence electrons. The summed E-state index contributed by atoms with van der Waals surface area (Å²) in [6.07, 6.45) is 2.25. The Balaban J connectivity index is 1.59. The lowest BCUT2D eigenvalue weighted by Gasteiger charge is -2.30. The van der Waals surface area contributed by atoms with Crippen LogP contribution >= 0.6 is 0 Å². The Morgan fingerprint density at radius 2 is 2.23 bits per heavy atom. The Bertz CT molecular complexity index is 657. The Hall–Kier alpha value is -2.28. The second-order valence-electron chi connectivity index (χ2n) is 7.00. The number of urea groups is 1. The van der Waals surface area contributed by atoms with Crippen LogP contribution < -0.4 is 10.1 Å². The zero-order chi connectivity index (χ0) is 18.5. The molecule has 26 heavy (non-hydrogen) atoms. The van der Waals surface area contributed by atoms with Crippen LogP contribution in [0.2, 0.25) is 0 Å². The topological polar surface area (TPSA) is 88.1 Å². The lowest BCUT2D eigenvalue weighted by molar-refractivity contribution is -0.143. The largest absolute Gasteiger partial charge is 0.488 e. The van der Waals surface area contributed by atoms with E-state index in [0.717, 1.165) is 23.3 Å². The molecule has 2 unspecified atom stereocenters. The average molecular weight is 362 g/mol. The van der Waals surface area contributed by atoms with Crippen molar-refractivity contribution in [3.63, 3.8) is 0 Å². The number of carboxylic acids is 1. The molecule has 0 aliphatic carbocycles. The van der Waals surface area contributed by atoms with Gasteiger partial charge in [-0.2, -0.15) is 0 Å². The van der Waals surface area contributed by atoms with Crippen molar-refractivity contribution in [2.24, 2.45) is 5.92 Å². The molecule has 2 amide bonds. The predicted molar refractivity (Wildman–Crippen MR) is 95.2 cm³/mol. The number of benzene rings is 1. The number of amides is 2. The molecular weight excluding hydrogens is 336 g/mol. The van der Waals surface area contributed by atoms with Crippen molar-refractivity contribution in [2.75, 3.05) is 26.3 Å². The van der Waals surface area contributed by atoms with Gasteiger partial charge in [0.15, 0.2) is 0 Å². The highest BCUT2D eigenvalue weighted by Gasteiger charge is 2.28. The van der Waals surface area contributed by atoms with Gasteiger partial charge in [-0.25, -0.2) is 4.79 Å². The van der Waals surface area contributed by atoms with Gasteiger partial charge in [-0.1, -0.05) is 12.1 Å². The van der Waals surface area contributed by atoms with Crippen LogP contribution in [0.4, 0.5) is 4.79 Å². The van der Waals surface area contributed by atoms with E-state index in [1.165, 1.54) is 0 Å². The fourth-order valence-electron chi connectivity index (χ4n) is 3.35. The lowest BCUT2D eigenvalue weighted by Crippen LogP contribution is -2.46. The lowest BCUT2D eigenvalue weighted by atomic mass is 9.99. The summed E-state index contributed by atoms with van der Waals surface area (Å²) in [7, 11) is 0. The van der Waals surface area contributed by atoms with E-state index in [1.54, 1.807) is 4.90 Å². The average Bonchev–Trinajstić information content (AvgIpc) is 3.14. The molecule has 0 spiro atoms. The summed E-state index contributed by atoms with van der Waals surface area (Å²) in [5, 5.41) is 12.1. The van der Waals surface area contributed by atoms with Gasteiger partial charge in [0, 0.05) is 31.6 Å². The number of piperidine rings is 1. The van der Waals surface area contributed by atoms with E-state index in [4.69, 9.17) is 14.6 Å². The summed E-state index contributed by atoms with van der Waals surface area (Å²) in [6.45, 7) is 4.49. The number of hydrogen-bond acceptors (Lipinski definition) is 4. The third kappa shape index (κ3) is 4.66. The van der Waals surface area contributed by atoms with E-state index >= 15 is 0 Å². The Morgan fingerprint density at radius 1 is 1.38 bits per heavy atom. The van der Waals surface area contributed by atoms with E-state index in [2.05, 4.69) is 5.32 Å². The maximum Gasteiger partial charge on any atom is 0.317 e. The standard InChI is InChI=1S/C19H26N2O5/c1-13-4-5-14(17(9-13)26-16-6-8-25-12-16)10-20-19(24)21-7-2-3-15(11-21)18(22)23/h4-5,9,15-16H,2-3,6-8,10-12H2,1H3,(H,20,24)(H,22,23). The highest BCUT2D eigenvalue weighted by atomic mass is 16.5. The zero-order valence-electron chi connectivity index (χ0n) is 15.1. The molecule has 0 bridgehead atoms. The number of carbonyl (C=O) groups excluding carboxylic acids is 1. The number of aryl methyl sites for hydroxylation is 1. The number of carboxylic acid groups (broad SMARTS) is 1. The summed E-state index contributed by atoms with van der Waals surface area (Å²) in [6, 6.07) is 5.69. The molecule has 7 heteroatoms. The van der Waals surface area contributed by atoms with Crippen molar-refractivity contribution >= 4 is 12.0 Å². The van der Waals surface area contributed by atoms with Crippen LogP contribution in [0, 0.1) is 12.8 Å². The normalized spacial score (nSPS) is 22.9. The molecular formula is C19H26N2O5. The minimum absolute atomic E-state index is 0.0460. The SMILES string of the molecule is Cc1ccc(CNC(=O)N2CCCC(C(=O)O)C2)c(OC2CCOC2)c1. The van der Waals surface area contributed by atoms with Crippen molar-refractivity contribution < 1.29 is 24.2 Å². The van der Waals surface area contributed by atoms with E-state index in [1.807, 2.05) is 25.1 Å². The van der Waals surface area contributed by atoms with Crippen LogP contribution in [-0.4, -0.2) is 54.4 Å². The van der Waals surface area contributed by atoms with Crippen LogP contribution in [0.5, 0.6) is 5.75 Å². The molecule has 2 N–H and O–H groups in total. The first-order valence-corrected chi connectivity index (χ1v) is 9.12. The highest BCUT2D eigenvalue weighted by Crippen LogP contribution is 2.24. The molecule has 2 heterocycles. The summed E-state index contributed by atoms with van der Waals surface area (Å²) < 4.78 is 11.4. The van der Waals surface area contributed by atoms with E-state index in [9.17, 15) is 9.59 Å². The van der Waals surface area contributed by atoms with Gasteiger partial charge < -0.3 is 24.8 Å². The molecule has 2 aliphatic rings. The van der Waals surface area contributed by atoms with Crippen molar-refractivity contribution in [2.45, 2.75) is 38.8 Å². The number of likely N-dealkylation sites (tertiary alicyclic amines) is 1. The minimum atomic E-state index is -0.837. The number of aliphatic carboxylic acids is 1. The molecule has 2 aliphatic heterocycles. The smallest absolute Gasteiger partial charge is 0.317 e. The Kier molecular flexibility index (Phi) is 5.98. The number of nitrogens with one attached hydrogen (secondary N) is 1. The summed E-state index contributed by atoms with van der Waals surface area (Å²) in [5.41, 5.74) is 2.00. The fraction of sp³-hybridized carbons (Fsp3) is 0.579. The predicted octanol–water partition coefficient (Wildman–Crippen LogP) is 2.17. The minimum Gasteiger partial charge on any atom is -0.488 e. The van der Waals surface area contributed by atoms with Gasteiger partial charge >= 0.3 is 12.0 Å². The highest BCUT2D eigenvalue weighted by molar-refractivity contribution is 5.76. The quantitative estimate of drug-likeness (QED) is 0.838. The van der Waals surface area contributed by atoms with Crippen LogP contribution in [0.3, 0.4) is 0 Å². The van der Waals surface area contributed by atoms with Crippen molar-refractivity contribution in [1.29, 1.82) is 0 Å². The van der Waals surface area contributed by atoms with Crippen molar-refractivity contribution in [3.8, 4) is 5.75 Å². The molecule has 2 atom stereocenters. The second kappa shape index (κ2) is 8.40. The van der Waals surface area contributed by atoms with Crippen molar-refractivity contribution in [1.82, 2.24) is 10.2 Å². The van der Waals surface area contributed by atoms with Gasteiger partial charge in [0.05, 0.1) is 19.1 Å². The first-order chi connectivity index (χ1) is 12.5. The summed E-state index contributed by atoms with van der Waals surface area (Å²) in [4.78, 5) is 25.2. The molecule has 0 radical (unpaired) electrons. The zero-order valence-corrected chi connectivity index (χ0v) is 15.1. The maximum absolute atomic E-state index is 12.4. The van der Waals surface area contributed by atoms with Gasteiger partial charge in [0.1, 0.15) is 11.9 Å². The molecule has 1 aromatic rings. The number of rotatable bonds is 5. The number of carbonyl (C=O) groups is 2. The molecule has 0 aromatic heterocycles. The molecule has 3 rings (SSSR count). The van der Waals surface area contributed by atoms with Gasteiger partial charge in [-0.15, -0.1) is 0 Å². The Morgan fingerprint density at radius 3 is 2.96 bits per heavy atom. The molecule has 2 saturated heterocycles. The third-order valence-electron chi connectivity index (χ3n) is 4.89. The van der Waals surface area contributed by atoms with E-state index < -0.39 is 11.9 Å². The Labute approximate surface area is 153 Å². The third-order valence-corrected chi connectivity index (χ3v) is 4.89. The first-order valence-electron chi connectivity index (χ1n) is 9.12. The van der Waals surface area contributed by atoms with Crippen LogP contribution in [0.25, 0.3) is 0 Å². The van der Waals surface area contributed by atoms with Crippen LogP contribution in [-0.2, 0) is 16.1 Å². The van der Waals surface area contributed by atoms with E-state index in [-0.39, 0.29) is 18.7 Å².